The molecule has 1 fully saturated rings. The van der Waals surface area contributed by atoms with Gasteiger partial charge in [-0.2, -0.15) is 13.2 Å². The average molecular weight is 425 g/mol. The number of ether oxygens (including phenoxy) is 1. The van der Waals surface area contributed by atoms with Gasteiger partial charge in [-0.3, -0.25) is 9.59 Å². The van der Waals surface area contributed by atoms with Crippen LogP contribution in [0.2, 0.25) is 0 Å². The molecule has 0 N–H and O–H groups in total. The van der Waals surface area contributed by atoms with E-state index >= 15 is 0 Å². The molecule has 0 aromatic heterocycles. The number of carbonyl (C=O) groups excluding carboxylic acids is 2. The van der Waals surface area contributed by atoms with Crippen LogP contribution in [0.4, 0.5) is 17.6 Å². The molecular weight excluding hydrogens is 402 g/mol. The Balaban J connectivity index is 1.71. The van der Waals surface area contributed by atoms with Crippen LogP contribution in [0.5, 0.6) is 0 Å². The fraction of sp³-hybridized carbons (Fsp3) is 0.455. The lowest BCUT2D eigenvalue weighted by atomic mass is 9.91. The largest absolute Gasteiger partial charge is 0.416 e. The molecule has 0 radical (unpaired) electrons. The Morgan fingerprint density at radius 3 is 2.47 bits per heavy atom. The zero-order valence-electron chi connectivity index (χ0n) is 16.7. The highest BCUT2D eigenvalue weighted by Crippen LogP contribution is 2.36. The summed E-state index contributed by atoms with van der Waals surface area (Å²) >= 11 is 0. The van der Waals surface area contributed by atoms with Crippen molar-refractivity contribution in [1.29, 1.82) is 0 Å². The Hall–Kier alpha value is -2.48. The number of hydrogen-bond acceptors (Lipinski definition) is 3. The number of rotatable bonds is 5. The summed E-state index contributed by atoms with van der Waals surface area (Å²) in [6.07, 6.45) is 1.46. The molecule has 3 rings (SSSR count). The summed E-state index contributed by atoms with van der Waals surface area (Å²) in [4.78, 5) is 26.1. The van der Waals surface area contributed by atoms with Crippen molar-refractivity contribution in [2.24, 2.45) is 5.92 Å². The first-order valence-electron chi connectivity index (χ1n) is 9.79. The molecule has 1 saturated heterocycles. The minimum atomic E-state index is -4.64. The molecule has 1 spiro atoms. The predicted molar refractivity (Wildman–Crippen MR) is 102 cm³/mol. The van der Waals surface area contributed by atoms with Crippen molar-refractivity contribution in [1.82, 2.24) is 4.90 Å². The number of allylic oxidation sites excluding steroid dienone is 2. The molecule has 1 atom stereocenters. The standard InChI is InChI=1S/C22H23F4NO3/c1-14(2)27-20(29)15(13-30-21(27)11-9-16(28)10-12-21)5-3-6-17-18(22(24,25)26)7-4-8-19(17)23/h4,7-12,14-15H,3,5-6,13H2,1-2H3. The maximum absolute atomic E-state index is 14.0. The summed E-state index contributed by atoms with van der Waals surface area (Å²) in [6.45, 7) is 3.70. The normalized spacial score (nSPS) is 21.2. The van der Waals surface area contributed by atoms with Crippen molar-refractivity contribution < 1.29 is 31.9 Å². The Kier molecular flexibility index (Phi) is 6.17. The Bertz CT molecular complexity index is 873. The van der Waals surface area contributed by atoms with Crippen LogP contribution in [0, 0.1) is 11.7 Å². The van der Waals surface area contributed by atoms with Crippen molar-refractivity contribution in [3.63, 3.8) is 0 Å². The average Bonchev–Trinajstić information content (AvgIpc) is 2.66. The molecule has 1 heterocycles. The first-order valence-corrected chi connectivity index (χ1v) is 9.79. The Morgan fingerprint density at radius 1 is 1.20 bits per heavy atom. The molecule has 4 nitrogen and oxygen atoms in total. The van der Waals surface area contributed by atoms with Crippen LogP contribution in [0.3, 0.4) is 0 Å². The number of halogens is 4. The molecule has 1 aliphatic heterocycles. The van der Waals surface area contributed by atoms with Gasteiger partial charge in [0.25, 0.3) is 0 Å². The third kappa shape index (κ3) is 4.33. The quantitative estimate of drug-likeness (QED) is 0.656. The highest BCUT2D eigenvalue weighted by molar-refractivity contribution is 6.01. The molecule has 1 aliphatic carbocycles. The fourth-order valence-corrected chi connectivity index (χ4v) is 3.98. The van der Waals surface area contributed by atoms with Crippen LogP contribution < -0.4 is 0 Å². The van der Waals surface area contributed by atoms with E-state index in [2.05, 4.69) is 0 Å². The van der Waals surface area contributed by atoms with Crippen molar-refractivity contribution in [2.75, 3.05) is 6.61 Å². The molecule has 162 valence electrons. The third-order valence-corrected chi connectivity index (χ3v) is 5.37. The highest BCUT2D eigenvalue weighted by atomic mass is 19.4. The number of ketones is 1. The fourth-order valence-electron chi connectivity index (χ4n) is 3.98. The van der Waals surface area contributed by atoms with Gasteiger partial charge in [0.1, 0.15) is 5.82 Å². The molecule has 1 aromatic rings. The number of alkyl halides is 3. The van der Waals surface area contributed by atoms with Crippen molar-refractivity contribution in [3.05, 3.63) is 59.4 Å². The van der Waals surface area contributed by atoms with Gasteiger partial charge in [-0.05, 0) is 75.1 Å². The van der Waals surface area contributed by atoms with E-state index in [4.69, 9.17) is 4.74 Å². The molecule has 1 aromatic carbocycles. The van der Waals surface area contributed by atoms with Crippen molar-refractivity contribution >= 4 is 11.7 Å². The maximum atomic E-state index is 14.0. The zero-order chi connectivity index (χ0) is 22.1. The molecule has 1 amide bonds. The summed E-state index contributed by atoms with van der Waals surface area (Å²) < 4.78 is 59.4. The van der Waals surface area contributed by atoms with E-state index in [1.54, 1.807) is 12.2 Å². The molecular formula is C22H23F4NO3. The van der Waals surface area contributed by atoms with Crippen LogP contribution in [-0.2, 0) is 26.9 Å². The summed E-state index contributed by atoms with van der Waals surface area (Å²) in [7, 11) is 0. The van der Waals surface area contributed by atoms with Crippen LogP contribution >= 0.6 is 0 Å². The van der Waals surface area contributed by atoms with E-state index in [0.717, 1.165) is 18.2 Å². The first kappa shape index (κ1) is 22.2. The Morgan fingerprint density at radius 2 is 1.87 bits per heavy atom. The van der Waals surface area contributed by atoms with E-state index < -0.39 is 29.2 Å². The smallest absolute Gasteiger partial charge is 0.347 e. The van der Waals surface area contributed by atoms with Crippen LogP contribution in [-0.4, -0.2) is 35.0 Å². The zero-order valence-corrected chi connectivity index (χ0v) is 16.7. The number of benzene rings is 1. The first-order chi connectivity index (χ1) is 14.0. The lowest BCUT2D eigenvalue weighted by molar-refractivity contribution is -0.186. The predicted octanol–water partition coefficient (Wildman–Crippen LogP) is 4.44. The Labute approximate surface area is 172 Å². The summed E-state index contributed by atoms with van der Waals surface area (Å²) in [5.41, 5.74) is -2.51. The molecule has 0 bridgehead atoms. The van der Waals surface area contributed by atoms with Gasteiger partial charge in [-0.25, -0.2) is 4.39 Å². The van der Waals surface area contributed by atoms with E-state index in [1.807, 2.05) is 13.8 Å². The van der Waals surface area contributed by atoms with Gasteiger partial charge in [0, 0.05) is 6.04 Å². The van der Waals surface area contributed by atoms with Gasteiger partial charge < -0.3 is 9.64 Å². The van der Waals surface area contributed by atoms with Crippen LogP contribution in [0.25, 0.3) is 0 Å². The molecule has 1 unspecified atom stereocenters. The van der Waals surface area contributed by atoms with Crippen molar-refractivity contribution in [3.8, 4) is 0 Å². The van der Waals surface area contributed by atoms with Crippen LogP contribution in [0.1, 0.15) is 37.8 Å². The van der Waals surface area contributed by atoms with E-state index in [-0.39, 0.29) is 49.2 Å². The van der Waals surface area contributed by atoms with Gasteiger partial charge in [0.05, 0.1) is 18.1 Å². The van der Waals surface area contributed by atoms with Gasteiger partial charge in [0.2, 0.25) is 5.91 Å². The summed E-state index contributed by atoms with van der Waals surface area (Å²) in [6, 6.07) is 2.68. The van der Waals surface area contributed by atoms with Gasteiger partial charge in [-0.15, -0.1) is 0 Å². The molecule has 2 aliphatic rings. The number of hydrogen-bond donors (Lipinski definition) is 0. The van der Waals surface area contributed by atoms with E-state index in [0.29, 0.717) is 0 Å². The van der Waals surface area contributed by atoms with Gasteiger partial charge in [0.15, 0.2) is 11.5 Å². The maximum Gasteiger partial charge on any atom is 0.416 e. The monoisotopic (exact) mass is 425 g/mol. The number of nitrogens with zero attached hydrogens (tertiary/aromatic N) is 1. The second-order valence-corrected chi connectivity index (χ2v) is 7.79. The number of carbonyl (C=O) groups is 2. The molecule has 0 saturated carbocycles. The number of amides is 1. The second kappa shape index (κ2) is 8.34. The topological polar surface area (TPSA) is 46.6 Å². The third-order valence-electron chi connectivity index (χ3n) is 5.37. The second-order valence-electron chi connectivity index (χ2n) is 7.79. The summed E-state index contributed by atoms with van der Waals surface area (Å²) in [5, 5.41) is 0. The van der Waals surface area contributed by atoms with Crippen molar-refractivity contribution in [2.45, 2.75) is 51.1 Å². The summed E-state index contributed by atoms with van der Waals surface area (Å²) in [5.74, 6) is -1.86. The molecule has 8 heteroatoms. The van der Waals surface area contributed by atoms with Gasteiger partial charge in [-0.1, -0.05) is 6.07 Å². The minimum Gasteiger partial charge on any atom is -0.347 e. The van der Waals surface area contributed by atoms with Crippen LogP contribution in [0.15, 0.2) is 42.5 Å². The lowest BCUT2D eigenvalue weighted by Crippen LogP contribution is -2.61. The highest BCUT2D eigenvalue weighted by Gasteiger charge is 2.46. The van der Waals surface area contributed by atoms with Gasteiger partial charge >= 0.3 is 6.18 Å². The lowest BCUT2D eigenvalue weighted by Gasteiger charge is -2.48. The SMILES string of the molecule is CC(C)N1C(=O)C(CCCc2c(F)cccc2C(F)(F)F)COC12C=CC(=O)C=C2. The van der Waals surface area contributed by atoms with E-state index in [9.17, 15) is 27.2 Å². The minimum absolute atomic E-state index is 0.0638. The van der Waals surface area contributed by atoms with E-state index in [1.165, 1.54) is 17.1 Å². The molecule has 30 heavy (non-hydrogen) atoms.